The predicted molar refractivity (Wildman–Crippen MR) is 71.0 cm³/mol. The molecule has 1 aliphatic heterocycles. The van der Waals surface area contributed by atoms with E-state index in [0.717, 1.165) is 25.8 Å². The molecular weight excluding hydrogens is 266 g/mol. The van der Waals surface area contributed by atoms with Crippen LogP contribution in [0.2, 0.25) is 0 Å². The molecule has 0 atom stereocenters. The maximum atomic E-state index is 12.4. The number of piperidine rings is 1. The smallest absolute Gasteiger partial charge is 0.261 e. The van der Waals surface area contributed by atoms with Crippen LogP contribution in [-0.4, -0.2) is 54.4 Å². The Morgan fingerprint density at radius 1 is 1.42 bits per heavy atom. The summed E-state index contributed by atoms with van der Waals surface area (Å²) in [5, 5.41) is 10.6. The van der Waals surface area contributed by atoms with Crippen molar-refractivity contribution in [2.24, 2.45) is 13.0 Å². The topological polar surface area (TPSA) is 80.1 Å². The van der Waals surface area contributed by atoms with Crippen molar-refractivity contribution in [1.29, 1.82) is 0 Å². The van der Waals surface area contributed by atoms with Crippen LogP contribution < -0.4 is 5.32 Å². The molecule has 2 heterocycles. The van der Waals surface area contributed by atoms with Crippen molar-refractivity contribution in [1.82, 2.24) is 24.6 Å². The molecule has 0 saturated carbocycles. The third-order valence-corrected chi connectivity index (χ3v) is 5.60. The van der Waals surface area contributed by atoms with E-state index in [9.17, 15) is 8.42 Å². The second-order valence-corrected chi connectivity index (χ2v) is 6.82. The zero-order valence-electron chi connectivity index (χ0n) is 11.4. The fourth-order valence-electron chi connectivity index (χ4n) is 2.43. The van der Waals surface area contributed by atoms with Crippen LogP contribution in [0.3, 0.4) is 0 Å². The maximum absolute atomic E-state index is 12.4. The summed E-state index contributed by atoms with van der Waals surface area (Å²) >= 11 is 0. The fraction of sp³-hybridized carbons (Fsp3) is 0.818. The van der Waals surface area contributed by atoms with E-state index < -0.39 is 10.0 Å². The van der Waals surface area contributed by atoms with Gasteiger partial charge in [0.1, 0.15) is 0 Å². The van der Waals surface area contributed by atoms with Gasteiger partial charge in [0.05, 0.1) is 6.20 Å². The van der Waals surface area contributed by atoms with Crippen LogP contribution in [0.5, 0.6) is 0 Å². The van der Waals surface area contributed by atoms with Crippen LogP contribution in [0.4, 0.5) is 0 Å². The van der Waals surface area contributed by atoms with Gasteiger partial charge in [0.2, 0.25) is 0 Å². The number of nitrogens with zero attached hydrogens (tertiary/aromatic N) is 4. The molecule has 0 amide bonds. The Morgan fingerprint density at radius 3 is 2.63 bits per heavy atom. The van der Waals surface area contributed by atoms with Gasteiger partial charge in [0, 0.05) is 20.1 Å². The van der Waals surface area contributed by atoms with E-state index in [4.69, 9.17) is 0 Å². The van der Waals surface area contributed by atoms with Gasteiger partial charge < -0.3 is 5.32 Å². The lowest BCUT2D eigenvalue weighted by Crippen LogP contribution is -2.39. The van der Waals surface area contributed by atoms with Crippen molar-refractivity contribution >= 4 is 10.0 Å². The SMILES string of the molecule is CNCCC1CCN(S(=O)(=O)c2cnnn2C)CC1. The Hall–Kier alpha value is -0.990. The number of aromatic nitrogens is 3. The number of rotatable bonds is 5. The highest BCUT2D eigenvalue weighted by Gasteiger charge is 2.31. The van der Waals surface area contributed by atoms with Gasteiger partial charge in [0.25, 0.3) is 10.0 Å². The fourth-order valence-corrected chi connectivity index (χ4v) is 3.94. The summed E-state index contributed by atoms with van der Waals surface area (Å²) in [6, 6.07) is 0. The van der Waals surface area contributed by atoms with E-state index in [-0.39, 0.29) is 5.03 Å². The third kappa shape index (κ3) is 3.13. The Labute approximate surface area is 114 Å². The molecule has 1 N–H and O–H groups in total. The first kappa shape index (κ1) is 14.4. The van der Waals surface area contributed by atoms with Crippen LogP contribution in [0, 0.1) is 5.92 Å². The summed E-state index contributed by atoms with van der Waals surface area (Å²) < 4.78 is 27.7. The minimum atomic E-state index is -3.44. The Balaban J connectivity index is 2.00. The monoisotopic (exact) mass is 287 g/mol. The molecule has 1 aliphatic rings. The molecule has 0 unspecified atom stereocenters. The zero-order valence-corrected chi connectivity index (χ0v) is 12.2. The van der Waals surface area contributed by atoms with Gasteiger partial charge in [0.15, 0.2) is 5.03 Å². The van der Waals surface area contributed by atoms with E-state index in [1.807, 2.05) is 7.05 Å². The average molecular weight is 287 g/mol. The van der Waals surface area contributed by atoms with E-state index >= 15 is 0 Å². The quantitative estimate of drug-likeness (QED) is 0.813. The van der Waals surface area contributed by atoms with Crippen molar-refractivity contribution < 1.29 is 8.42 Å². The molecule has 0 radical (unpaired) electrons. The van der Waals surface area contributed by atoms with E-state index in [0.29, 0.717) is 19.0 Å². The summed E-state index contributed by atoms with van der Waals surface area (Å²) in [4.78, 5) is 0. The predicted octanol–water partition coefficient (Wildman–Crippen LogP) is -0.175. The largest absolute Gasteiger partial charge is 0.320 e. The summed E-state index contributed by atoms with van der Waals surface area (Å²) in [7, 11) is 0.0986. The van der Waals surface area contributed by atoms with Gasteiger partial charge in [-0.2, -0.15) is 4.31 Å². The standard InChI is InChI=1S/C11H21N5O2S/c1-12-6-3-10-4-7-16(8-5-10)19(17,18)11-9-13-14-15(11)2/h9-10,12H,3-8H2,1-2H3. The number of aryl methyl sites for hydroxylation is 1. The van der Waals surface area contributed by atoms with Gasteiger partial charge in [-0.25, -0.2) is 13.1 Å². The molecular formula is C11H21N5O2S. The van der Waals surface area contributed by atoms with Crippen molar-refractivity contribution in [2.75, 3.05) is 26.7 Å². The van der Waals surface area contributed by atoms with Crippen LogP contribution in [0.1, 0.15) is 19.3 Å². The molecule has 0 aromatic carbocycles. The average Bonchev–Trinajstić information content (AvgIpc) is 2.84. The van der Waals surface area contributed by atoms with Crippen LogP contribution in [0.15, 0.2) is 11.2 Å². The molecule has 19 heavy (non-hydrogen) atoms. The summed E-state index contributed by atoms with van der Waals surface area (Å²) in [6.45, 7) is 2.16. The Morgan fingerprint density at radius 2 is 2.11 bits per heavy atom. The lowest BCUT2D eigenvalue weighted by Gasteiger charge is -2.30. The summed E-state index contributed by atoms with van der Waals surface area (Å²) in [5.74, 6) is 0.614. The second-order valence-electron chi connectivity index (χ2n) is 4.94. The highest BCUT2D eigenvalue weighted by Crippen LogP contribution is 2.24. The minimum Gasteiger partial charge on any atom is -0.320 e. The maximum Gasteiger partial charge on any atom is 0.261 e. The van der Waals surface area contributed by atoms with Crippen molar-refractivity contribution in [3.63, 3.8) is 0 Å². The second kappa shape index (κ2) is 5.98. The highest BCUT2D eigenvalue weighted by molar-refractivity contribution is 7.89. The number of hydrogen-bond donors (Lipinski definition) is 1. The highest BCUT2D eigenvalue weighted by atomic mass is 32.2. The Bertz CT molecular complexity index is 505. The molecule has 1 aromatic heterocycles. The lowest BCUT2D eigenvalue weighted by atomic mass is 9.95. The first-order valence-corrected chi connectivity index (χ1v) is 7.99. The molecule has 1 aromatic rings. The van der Waals surface area contributed by atoms with Gasteiger partial charge in [-0.3, -0.25) is 0 Å². The molecule has 7 nitrogen and oxygen atoms in total. The molecule has 1 saturated heterocycles. The van der Waals surface area contributed by atoms with Crippen LogP contribution in [-0.2, 0) is 17.1 Å². The minimum absolute atomic E-state index is 0.168. The lowest BCUT2D eigenvalue weighted by molar-refractivity contribution is 0.262. The molecule has 1 fully saturated rings. The number of sulfonamides is 1. The van der Waals surface area contributed by atoms with Crippen molar-refractivity contribution in [3.8, 4) is 0 Å². The first-order chi connectivity index (χ1) is 9.05. The van der Waals surface area contributed by atoms with Gasteiger partial charge >= 0.3 is 0 Å². The molecule has 0 spiro atoms. The summed E-state index contributed by atoms with van der Waals surface area (Å²) in [6.07, 6.45) is 4.26. The van der Waals surface area contributed by atoms with E-state index in [1.54, 1.807) is 11.4 Å². The number of nitrogens with one attached hydrogen (secondary N) is 1. The van der Waals surface area contributed by atoms with Gasteiger partial charge in [-0.05, 0) is 38.8 Å². The van der Waals surface area contributed by atoms with Gasteiger partial charge in [-0.1, -0.05) is 5.21 Å². The van der Waals surface area contributed by atoms with E-state index in [1.165, 1.54) is 10.9 Å². The zero-order chi connectivity index (χ0) is 13.9. The third-order valence-electron chi connectivity index (χ3n) is 3.65. The van der Waals surface area contributed by atoms with Crippen molar-refractivity contribution in [2.45, 2.75) is 24.3 Å². The van der Waals surface area contributed by atoms with Gasteiger partial charge in [-0.15, -0.1) is 5.10 Å². The first-order valence-electron chi connectivity index (χ1n) is 6.55. The molecule has 108 valence electrons. The van der Waals surface area contributed by atoms with Crippen LogP contribution in [0.25, 0.3) is 0 Å². The molecule has 0 bridgehead atoms. The Kier molecular flexibility index (Phi) is 4.54. The van der Waals surface area contributed by atoms with Crippen LogP contribution >= 0.6 is 0 Å². The molecule has 8 heteroatoms. The van der Waals surface area contributed by atoms with Crippen molar-refractivity contribution in [3.05, 3.63) is 6.20 Å². The summed E-state index contributed by atoms with van der Waals surface area (Å²) in [5.41, 5.74) is 0. The molecule has 0 aliphatic carbocycles. The van der Waals surface area contributed by atoms with E-state index in [2.05, 4.69) is 15.6 Å². The molecule has 2 rings (SSSR count). The normalized spacial score (nSPS) is 18.8. The number of hydrogen-bond acceptors (Lipinski definition) is 5.